The molecule has 2 saturated heterocycles. The van der Waals surface area contributed by atoms with Crippen LogP contribution in [-0.2, 0) is 4.79 Å². The van der Waals surface area contributed by atoms with Gasteiger partial charge in [-0.25, -0.2) is 9.97 Å². The number of aliphatic hydroxyl groups excluding tert-OH is 1. The lowest BCUT2D eigenvalue weighted by atomic mass is 10.2. The number of hydrogen-bond donors (Lipinski definition) is 1. The van der Waals surface area contributed by atoms with Gasteiger partial charge in [-0.1, -0.05) is 0 Å². The molecule has 2 aliphatic rings. The van der Waals surface area contributed by atoms with Crippen molar-refractivity contribution in [2.24, 2.45) is 0 Å². The van der Waals surface area contributed by atoms with Gasteiger partial charge in [0.2, 0.25) is 5.91 Å². The Morgan fingerprint density at radius 3 is 2.65 bits per heavy atom. The zero-order chi connectivity index (χ0) is 16.2. The number of aryl methyl sites for hydroxylation is 1. The molecule has 3 rings (SSSR count). The second-order valence-corrected chi connectivity index (χ2v) is 6.35. The number of carbonyl (C=O) groups is 1. The number of anilines is 1. The van der Waals surface area contributed by atoms with Crippen molar-refractivity contribution in [1.82, 2.24) is 19.8 Å². The minimum Gasteiger partial charge on any atom is -0.390 e. The normalized spacial score (nSPS) is 21.0. The third kappa shape index (κ3) is 4.17. The number of amides is 1. The number of β-amino-alcohol motifs (C(OH)–C–C–N with tert-alkyl or cyclic N) is 1. The molecule has 23 heavy (non-hydrogen) atoms. The number of nitrogens with zero attached hydrogens (tertiary/aromatic N) is 5. The molecule has 0 spiro atoms. The summed E-state index contributed by atoms with van der Waals surface area (Å²) < 4.78 is 0. The van der Waals surface area contributed by atoms with Crippen LogP contribution >= 0.6 is 0 Å². The van der Waals surface area contributed by atoms with Gasteiger partial charge in [-0.3, -0.25) is 9.69 Å². The summed E-state index contributed by atoms with van der Waals surface area (Å²) in [6.07, 6.45) is 2.87. The fourth-order valence-electron chi connectivity index (χ4n) is 3.29. The summed E-state index contributed by atoms with van der Waals surface area (Å²) in [6.45, 7) is 7.36. The maximum Gasteiger partial charge on any atom is 0.222 e. The number of likely N-dealkylation sites (tertiary alicyclic amines) is 1. The molecule has 1 aromatic rings. The number of rotatable bonds is 5. The largest absolute Gasteiger partial charge is 0.390 e. The van der Waals surface area contributed by atoms with Crippen LogP contribution in [0.25, 0.3) is 0 Å². The summed E-state index contributed by atoms with van der Waals surface area (Å²) in [5.41, 5.74) is 0. The molecule has 1 unspecified atom stereocenters. The first-order valence-corrected chi connectivity index (χ1v) is 8.34. The van der Waals surface area contributed by atoms with Crippen molar-refractivity contribution in [3.05, 3.63) is 18.1 Å². The number of carbonyl (C=O) groups excluding carboxylic acids is 1. The van der Waals surface area contributed by atoms with Crippen molar-refractivity contribution in [2.45, 2.75) is 25.9 Å². The van der Waals surface area contributed by atoms with Gasteiger partial charge in [0.05, 0.1) is 6.10 Å². The molecule has 1 N–H and O–H groups in total. The standard InChI is InChI=1S/C16H25N5O2/c1-13-17-5-4-15(18-13)20-9-7-19(8-10-20)11-14(22)12-21-6-2-3-16(21)23/h4-5,14,22H,2-3,6-12H2,1H3. The van der Waals surface area contributed by atoms with Gasteiger partial charge in [0.1, 0.15) is 11.6 Å². The van der Waals surface area contributed by atoms with Crippen LogP contribution in [-0.4, -0.2) is 82.7 Å². The molecule has 0 aromatic carbocycles. The van der Waals surface area contributed by atoms with Gasteiger partial charge < -0.3 is 14.9 Å². The highest BCUT2D eigenvalue weighted by atomic mass is 16.3. The Labute approximate surface area is 136 Å². The van der Waals surface area contributed by atoms with E-state index >= 15 is 0 Å². The van der Waals surface area contributed by atoms with E-state index in [9.17, 15) is 9.90 Å². The SMILES string of the molecule is Cc1nccc(N2CCN(CC(O)CN3CCCC3=O)CC2)n1. The van der Waals surface area contributed by atoms with Crippen molar-refractivity contribution in [1.29, 1.82) is 0 Å². The number of piperazine rings is 1. The lowest BCUT2D eigenvalue weighted by Gasteiger charge is -2.36. The van der Waals surface area contributed by atoms with Gasteiger partial charge in [-0.2, -0.15) is 0 Å². The first-order chi connectivity index (χ1) is 11.1. The first-order valence-electron chi connectivity index (χ1n) is 8.34. The molecule has 0 bridgehead atoms. The van der Waals surface area contributed by atoms with Crippen LogP contribution in [0, 0.1) is 6.92 Å². The van der Waals surface area contributed by atoms with E-state index in [2.05, 4.69) is 19.8 Å². The molecular weight excluding hydrogens is 294 g/mol. The van der Waals surface area contributed by atoms with Crippen LogP contribution in [0.2, 0.25) is 0 Å². The molecule has 2 fully saturated rings. The summed E-state index contributed by atoms with van der Waals surface area (Å²) in [5.74, 6) is 1.93. The molecule has 0 saturated carbocycles. The molecule has 1 amide bonds. The van der Waals surface area contributed by atoms with Crippen LogP contribution in [0.4, 0.5) is 5.82 Å². The van der Waals surface area contributed by atoms with Gasteiger partial charge in [0, 0.05) is 58.4 Å². The first kappa shape index (κ1) is 16.1. The zero-order valence-corrected chi connectivity index (χ0v) is 13.7. The molecule has 0 aliphatic carbocycles. The number of hydrogen-bond acceptors (Lipinski definition) is 6. The van der Waals surface area contributed by atoms with Crippen molar-refractivity contribution in [3.63, 3.8) is 0 Å². The molecule has 2 aliphatic heterocycles. The van der Waals surface area contributed by atoms with Gasteiger partial charge >= 0.3 is 0 Å². The molecular formula is C16H25N5O2. The lowest BCUT2D eigenvalue weighted by molar-refractivity contribution is -0.129. The maximum atomic E-state index is 11.6. The van der Waals surface area contributed by atoms with E-state index in [1.807, 2.05) is 13.0 Å². The third-order valence-electron chi connectivity index (χ3n) is 4.53. The molecule has 3 heterocycles. The predicted octanol–water partition coefficient (Wildman–Crippen LogP) is -0.110. The Morgan fingerprint density at radius 2 is 2.00 bits per heavy atom. The van der Waals surface area contributed by atoms with Crippen molar-refractivity contribution >= 4 is 11.7 Å². The Kier molecular flexibility index (Phi) is 5.07. The fraction of sp³-hybridized carbons (Fsp3) is 0.688. The van der Waals surface area contributed by atoms with Gasteiger partial charge in [0.15, 0.2) is 0 Å². The van der Waals surface area contributed by atoms with E-state index in [1.165, 1.54) is 0 Å². The lowest BCUT2D eigenvalue weighted by Crippen LogP contribution is -2.50. The summed E-state index contributed by atoms with van der Waals surface area (Å²) in [4.78, 5) is 26.5. The highest BCUT2D eigenvalue weighted by Gasteiger charge is 2.25. The van der Waals surface area contributed by atoms with E-state index in [-0.39, 0.29) is 5.91 Å². The minimum atomic E-state index is -0.468. The second-order valence-electron chi connectivity index (χ2n) is 6.35. The van der Waals surface area contributed by atoms with Crippen LogP contribution in [0.1, 0.15) is 18.7 Å². The van der Waals surface area contributed by atoms with Gasteiger partial charge in [-0.15, -0.1) is 0 Å². The van der Waals surface area contributed by atoms with Crippen molar-refractivity contribution in [3.8, 4) is 0 Å². The zero-order valence-electron chi connectivity index (χ0n) is 13.7. The van der Waals surface area contributed by atoms with Crippen LogP contribution in [0.15, 0.2) is 12.3 Å². The van der Waals surface area contributed by atoms with E-state index in [0.29, 0.717) is 19.5 Å². The van der Waals surface area contributed by atoms with Gasteiger partial charge in [0.25, 0.3) is 0 Å². The topological polar surface area (TPSA) is 72.8 Å². The number of aliphatic hydroxyl groups is 1. The maximum absolute atomic E-state index is 11.6. The Bertz CT molecular complexity index is 545. The summed E-state index contributed by atoms with van der Waals surface area (Å²) >= 11 is 0. The van der Waals surface area contributed by atoms with Crippen LogP contribution in [0.3, 0.4) is 0 Å². The van der Waals surface area contributed by atoms with E-state index < -0.39 is 6.10 Å². The van der Waals surface area contributed by atoms with E-state index in [1.54, 1.807) is 11.1 Å². The minimum absolute atomic E-state index is 0.174. The van der Waals surface area contributed by atoms with Crippen LogP contribution < -0.4 is 4.90 Å². The predicted molar refractivity (Wildman–Crippen MR) is 87.2 cm³/mol. The van der Waals surface area contributed by atoms with Gasteiger partial charge in [-0.05, 0) is 19.4 Å². The smallest absolute Gasteiger partial charge is 0.222 e. The third-order valence-corrected chi connectivity index (χ3v) is 4.53. The summed E-state index contributed by atoms with van der Waals surface area (Å²) in [5, 5.41) is 10.2. The Morgan fingerprint density at radius 1 is 1.22 bits per heavy atom. The van der Waals surface area contributed by atoms with Crippen LogP contribution in [0.5, 0.6) is 0 Å². The molecule has 0 radical (unpaired) electrons. The Balaban J connectivity index is 1.44. The summed E-state index contributed by atoms with van der Waals surface area (Å²) in [7, 11) is 0. The molecule has 7 nitrogen and oxygen atoms in total. The Hall–Kier alpha value is -1.73. The fourth-order valence-corrected chi connectivity index (χ4v) is 3.29. The average molecular weight is 319 g/mol. The molecule has 1 atom stereocenters. The summed E-state index contributed by atoms with van der Waals surface area (Å²) in [6, 6.07) is 1.94. The van der Waals surface area contributed by atoms with Crippen molar-refractivity contribution < 1.29 is 9.90 Å². The monoisotopic (exact) mass is 319 g/mol. The average Bonchev–Trinajstić information content (AvgIpc) is 2.93. The van der Waals surface area contributed by atoms with Crippen molar-refractivity contribution in [2.75, 3.05) is 50.7 Å². The molecule has 7 heteroatoms. The molecule has 1 aromatic heterocycles. The molecule has 126 valence electrons. The highest BCUT2D eigenvalue weighted by molar-refractivity contribution is 5.78. The van der Waals surface area contributed by atoms with E-state index in [0.717, 1.165) is 50.8 Å². The quantitative estimate of drug-likeness (QED) is 0.816. The number of aromatic nitrogens is 2. The highest BCUT2D eigenvalue weighted by Crippen LogP contribution is 2.14. The second kappa shape index (κ2) is 7.23. The van der Waals surface area contributed by atoms with E-state index in [4.69, 9.17) is 0 Å².